The standard InChI is InChI=1S/C13H24N2O5S/c1-13(2,3)20-12(17)10-7-6-8-15(10)11(16)9-14(4)21(5,18)19/h10H,6-9H2,1-5H3. The number of hydrogen-bond donors (Lipinski definition) is 0. The zero-order valence-corrected chi connectivity index (χ0v) is 14.1. The Bertz CT molecular complexity index is 509. The van der Waals surface area contributed by atoms with Gasteiger partial charge in [0.15, 0.2) is 0 Å². The maximum Gasteiger partial charge on any atom is 0.329 e. The lowest BCUT2D eigenvalue weighted by Gasteiger charge is -2.28. The minimum absolute atomic E-state index is 0.266. The first-order valence-corrected chi connectivity index (χ1v) is 8.70. The summed E-state index contributed by atoms with van der Waals surface area (Å²) in [5.41, 5.74) is -0.613. The van der Waals surface area contributed by atoms with E-state index < -0.39 is 27.6 Å². The molecule has 1 unspecified atom stereocenters. The Labute approximate surface area is 126 Å². The van der Waals surface area contributed by atoms with Crippen molar-refractivity contribution in [1.82, 2.24) is 9.21 Å². The van der Waals surface area contributed by atoms with Gasteiger partial charge >= 0.3 is 5.97 Å². The molecule has 0 bridgehead atoms. The van der Waals surface area contributed by atoms with Gasteiger partial charge in [-0.25, -0.2) is 13.2 Å². The fourth-order valence-electron chi connectivity index (χ4n) is 2.08. The van der Waals surface area contributed by atoms with E-state index in [1.54, 1.807) is 20.8 Å². The lowest BCUT2D eigenvalue weighted by Crippen LogP contribution is -2.47. The van der Waals surface area contributed by atoms with Gasteiger partial charge in [0.25, 0.3) is 0 Å². The molecular weight excluding hydrogens is 296 g/mol. The minimum atomic E-state index is -3.42. The molecule has 7 nitrogen and oxygen atoms in total. The first-order valence-electron chi connectivity index (χ1n) is 6.85. The van der Waals surface area contributed by atoms with Gasteiger partial charge in [-0.15, -0.1) is 0 Å². The predicted molar refractivity (Wildman–Crippen MR) is 78.1 cm³/mol. The molecule has 1 aliphatic rings. The van der Waals surface area contributed by atoms with Gasteiger partial charge in [0.05, 0.1) is 12.8 Å². The molecule has 0 aromatic carbocycles. The molecular formula is C13H24N2O5S. The van der Waals surface area contributed by atoms with E-state index in [-0.39, 0.29) is 12.5 Å². The van der Waals surface area contributed by atoms with Crippen molar-refractivity contribution in [2.75, 3.05) is 26.4 Å². The largest absolute Gasteiger partial charge is 0.458 e. The Balaban J connectivity index is 2.73. The monoisotopic (exact) mass is 320 g/mol. The van der Waals surface area contributed by atoms with E-state index in [0.29, 0.717) is 19.4 Å². The lowest BCUT2D eigenvalue weighted by atomic mass is 10.1. The number of rotatable bonds is 4. The number of likely N-dealkylation sites (tertiary alicyclic amines) is 1. The molecule has 1 rings (SSSR count). The van der Waals surface area contributed by atoms with Crippen molar-refractivity contribution in [2.24, 2.45) is 0 Å². The molecule has 1 amide bonds. The summed E-state index contributed by atoms with van der Waals surface area (Å²) in [5.74, 6) is -0.813. The highest BCUT2D eigenvalue weighted by Gasteiger charge is 2.37. The number of sulfonamides is 1. The quantitative estimate of drug-likeness (QED) is 0.692. The number of esters is 1. The molecule has 0 saturated carbocycles. The second-order valence-corrected chi connectivity index (χ2v) is 8.39. The van der Waals surface area contributed by atoms with Crippen molar-refractivity contribution in [3.8, 4) is 0 Å². The normalized spacial score (nSPS) is 19.9. The summed E-state index contributed by atoms with van der Waals surface area (Å²) in [6.45, 7) is 5.48. The van der Waals surface area contributed by atoms with Crippen molar-refractivity contribution in [3.05, 3.63) is 0 Å². The summed E-state index contributed by atoms with van der Waals surface area (Å²) >= 11 is 0. The smallest absolute Gasteiger partial charge is 0.329 e. The Kier molecular flexibility index (Phi) is 5.38. The number of nitrogens with zero attached hydrogens (tertiary/aromatic N) is 2. The zero-order chi connectivity index (χ0) is 16.4. The van der Waals surface area contributed by atoms with Gasteiger partial charge in [0.1, 0.15) is 11.6 Å². The molecule has 21 heavy (non-hydrogen) atoms. The van der Waals surface area contributed by atoms with Crippen LogP contribution in [0.5, 0.6) is 0 Å². The molecule has 0 aromatic heterocycles. The predicted octanol–water partition coefficient (Wildman–Crippen LogP) is 0.211. The molecule has 0 N–H and O–H groups in total. The molecule has 122 valence electrons. The van der Waals surface area contributed by atoms with Gasteiger partial charge in [-0.05, 0) is 33.6 Å². The second-order valence-electron chi connectivity index (χ2n) is 6.30. The fourth-order valence-corrected chi connectivity index (χ4v) is 2.42. The minimum Gasteiger partial charge on any atom is -0.458 e. The molecule has 0 aliphatic carbocycles. The van der Waals surface area contributed by atoms with Gasteiger partial charge in [-0.2, -0.15) is 4.31 Å². The van der Waals surface area contributed by atoms with Gasteiger partial charge in [0.2, 0.25) is 15.9 Å². The van der Waals surface area contributed by atoms with Gasteiger partial charge in [-0.1, -0.05) is 0 Å². The number of carbonyl (C=O) groups is 2. The lowest BCUT2D eigenvalue weighted by molar-refractivity contribution is -0.163. The van der Waals surface area contributed by atoms with Gasteiger partial charge in [0, 0.05) is 13.6 Å². The third-order valence-corrected chi connectivity index (χ3v) is 4.44. The van der Waals surface area contributed by atoms with E-state index in [2.05, 4.69) is 0 Å². The van der Waals surface area contributed by atoms with Crippen LogP contribution in [0, 0.1) is 0 Å². The second kappa shape index (κ2) is 6.31. The molecule has 0 spiro atoms. The van der Waals surface area contributed by atoms with Crippen molar-refractivity contribution in [1.29, 1.82) is 0 Å². The summed E-state index contributed by atoms with van der Waals surface area (Å²) in [6, 6.07) is -0.621. The molecule has 1 heterocycles. The summed E-state index contributed by atoms with van der Waals surface area (Å²) < 4.78 is 29.0. The summed E-state index contributed by atoms with van der Waals surface area (Å²) in [6.07, 6.45) is 2.29. The molecule has 1 saturated heterocycles. The van der Waals surface area contributed by atoms with Crippen LogP contribution < -0.4 is 0 Å². The van der Waals surface area contributed by atoms with Crippen molar-refractivity contribution in [3.63, 3.8) is 0 Å². The topological polar surface area (TPSA) is 84.0 Å². The van der Waals surface area contributed by atoms with Crippen LogP contribution in [0.3, 0.4) is 0 Å². The third-order valence-electron chi connectivity index (χ3n) is 3.18. The molecule has 1 fully saturated rings. The summed E-state index contributed by atoms with van der Waals surface area (Å²) in [7, 11) is -2.09. The van der Waals surface area contributed by atoms with Gasteiger partial charge in [-0.3, -0.25) is 4.79 Å². The Hall–Kier alpha value is -1.15. The van der Waals surface area contributed by atoms with Crippen LogP contribution in [0.4, 0.5) is 0 Å². The number of amides is 1. The Morgan fingerprint density at radius 3 is 2.38 bits per heavy atom. The summed E-state index contributed by atoms with van der Waals surface area (Å²) in [5, 5.41) is 0. The van der Waals surface area contributed by atoms with Crippen LogP contribution >= 0.6 is 0 Å². The SMILES string of the molecule is CN(CC(=O)N1CCCC1C(=O)OC(C)(C)C)S(C)(=O)=O. The van der Waals surface area contributed by atoms with E-state index in [0.717, 1.165) is 10.6 Å². The maximum absolute atomic E-state index is 12.2. The van der Waals surface area contributed by atoms with E-state index in [4.69, 9.17) is 4.74 Å². The molecule has 8 heteroatoms. The molecule has 0 aromatic rings. The molecule has 1 aliphatic heterocycles. The number of carbonyl (C=O) groups excluding carboxylic acids is 2. The number of ether oxygens (including phenoxy) is 1. The first-order chi connectivity index (χ1) is 9.42. The van der Waals surface area contributed by atoms with Crippen molar-refractivity contribution in [2.45, 2.75) is 45.3 Å². The first kappa shape index (κ1) is 17.9. The highest BCUT2D eigenvalue weighted by Crippen LogP contribution is 2.21. The van der Waals surface area contributed by atoms with Crippen LogP contribution in [0.1, 0.15) is 33.6 Å². The van der Waals surface area contributed by atoms with Gasteiger partial charge < -0.3 is 9.64 Å². The van der Waals surface area contributed by atoms with Crippen molar-refractivity contribution < 1.29 is 22.7 Å². The number of likely N-dealkylation sites (N-methyl/N-ethyl adjacent to an activating group) is 1. The van der Waals surface area contributed by atoms with Crippen LogP contribution in [0.25, 0.3) is 0 Å². The summed E-state index contributed by atoms with van der Waals surface area (Å²) in [4.78, 5) is 25.7. The Morgan fingerprint density at radius 1 is 1.33 bits per heavy atom. The van der Waals surface area contributed by atoms with Crippen LogP contribution in [-0.2, 0) is 24.3 Å². The number of hydrogen-bond acceptors (Lipinski definition) is 5. The van der Waals surface area contributed by atoms with Crippen molar-refractivity contribution >= 4 is 21.9 Å². The maximum atomic E-state index is 12.2. The van der Waals surface area contributed by atoms with E-state index in [1.807, 2.05) is 0 Å². The third kappa shape index (κ3) is 5.28. The average molecular weight is 320 g/mol. The highest BCUT2D eigenvalue weighted by atomic mass is 32.2. The molecule has 1 atom stereocenters. The van der Waals surface area contributed by atoms with E-state index in [9.17, 15) is 18.0 Å². The van der Waals surface area contributed by atoms with Crippen LogP contribution in [-0.4, -0.2) is 67.5 Å². The van der Waals surface area contributed by atoms with Crippen LogP contribution in [0.2, 0.25) is 0 Å². The Morgan fingerprint density at radius 2 is 1.90 bits per heavy atom. The fraction of sp³-hybridized carbons (Fsp3) is 0.846. The van der Waals surface area contributed by atoms with Crippen LogP contribution in [0.15, 0.2) is 0 Å². The van der Waals surface area contributed by atoms with E-state index >= 15 is 0 Å². The average Bonchev–Trinajstić information content (AvgIpc) is 2.73. The van der Waals surface area contributed by atoms with E-state index in [1.165, 1.54) is 11.9 Å². The highest BCUT2D eigenvalue weighted by molar-refractivity contribution is 7.88. The molecule has 0 radical (unpaired) electrons. The zero-order valence-electron chi connectivity index (χ0n) is 13.2.